The quantitative estimate of drug-likeness (QED) is 0.696. The van der Waals surface area contributed by atoms with Crippen molar-refractivity contribution in [3.05, 3.63) is 0 Å². The van der Waals surface area contributed by atoms with Gasteiger partial charge in [-0.2, -0.15) is 0 Å². The number of aliphatic carboxylic acids is 1. The maximum absolute atomic E-state index is 10.4. The van der Waals surface area contributed by atoms with Gasteiger partial charge in [0.1, 0.15) is 6.04 Å². The van der Waals surface area contributed by atoms with Crippen molar-refractivity contribution in [3.8, 4) is 0 Å². The molecule has 4 heteroatoms. The zero-order valence-corrected chi connectivity index (χ0v) is 8.45. The first-order valence-electron chi connectivity index (χ1n) is 5.26. The number of rotatable bonds is 5. The van der Waals surface area contributed by atoms with Gasteiger partial charge in [-0.05, 0) is 18.8 Å². The van der Waals surface area contributed by atoms with Gasteiger partial charge >= 0.3 is 5.97 Å². The summed E-state index contributed by atoms with van der Waals surface area (Å²) in [6.07, 6.45) is 6.30. The van der Waals surface area contributed by atoms with Crippen molar-refractivity contribution in [2.45, 2.75) is 38.1 Å². The van der Waals surface area contributed by atoms with Crippen LogP contribution in [0.2, 0.25) is 0 Å². The van der Waals surface area contributed by atoms with Gasteiger partial charge in [-0.3, -0.25) is 4.79 Å². The van der Waals surface area contributed by atoms with E-state index in [2.05, 4.69) is 0 Å². The highest BCUT2D eigenvalue weighted by atomic mass is 16.5. The van der Waals surface area contributed by atoms with E-state index < -0.39 is 12.0 Å². The summed E-state index contributed by atoms with van der Waals surface area (Å²) >= 11 is 0. The number of carbonyl (C=O) groups is 1. The van der Waals surface area contributed by atoms with Crippen molar-refractivity contribution in [2.24, 2.45) is 11.7 Å². The van der Waals surface area contributed by atoms with Gasteiger partial charge in [0.2, 0.25) is 0 Å². The predicted octanol–water partition coefficient (Wildman–Crippen LogP) is 0.995. The van der Waals surface area contributed by atoms with Gasteiger partial charge in [-0.1, -0.05) is 19.3 Å². The molecule has 1 rings (SSSR count). The van der Waals surface area contributed by atoms with Crippen LogP contribution in [0.1, 0.15) is 32.1 Å². The third-order valence-electron chi connectivity index (χ3n) is 2.69. The minimum Gasteiger partial charge on any atom is -0.480 e. The van der Waals surface area contributed by atoms with E-state index in [0.717, 1.165) is 0 Å². The minimum absolute atomic E-state index is 0.131. The molecule has 0 aliphatic heterocycles. The molecule has 1 aliphatic rings. The topological polar surface area (TPSA) is 72.5 Å². The number of hydrogen-bond acceptors (Lipinski definition) is 3. The highest BCUT2D eigenvalue weighted by Crippen LogP contribution is 2.23. The van der Waals surface area contributed by atoms with Crippen molar-refractivity contribution in [1.29, 1.82) is 0 Å². The van der Waals surface area contributed by atoms with Crippen LogP contribution in [0, 0.1) is 5.92 Å². The molecule has 1 fully saturated rings. The molecular formula is C10H19NO3. The lowest BCUT2D eigenvalue weighted by Crippen LogP contribution is -2.35. The largest absolute Gasteiger partial charge is 0.480 e. The number of nitrogens with two attached hydrogens (primary N) is 1. The van der Waals surface area contributed by atoms with Crippen molar-refractivity contribution in [2.75, 3.05) is 13.2 Å². The molecule has 0 amide bonds. The molecular weight excluding hydrogens is 182 g/mol. The fourth-order valence-corrected chi connectivity index (χ4v) is 1.79. The van der Waals surface area contributed by atoms with Crippen LogP contribution in [-0.2, 0) is 9.53 Å². The van der Waals surface area contributed by atoms with E-state index in [4.69, 9.17) is 15.6 Å². The van der Waals surface area contributed by atoms with Crippen molar-refractivity contribution in [3.63, 3.8) is 0 Å². The van der Waals surface area contributed by atoms with Gasteiger partial charge in [0.15, 0.2) is 0 Å². The monoisotopic (exact) mass is 201 g/mol. The summed E-state index contributed by atoms with van der Waals surface area (Å²) in [5.74, 6) is -0.376. The molecule has 1 unspecified atom stereocenters. The Morgan fingerprint density at radius 3 is 2.64 bits per heavy atom. The predicted molar refractivity (Wildman–Crippen MR) is 53.0 cm³/mol. The number of carboxylic acid groups (broad SMARTS) is 1. The highest BCUT2D eigenvalue weighted by Gasteiger charge is 2.15. The van der Waals surface area contributed by atoms with Gasteiger partial charge < -0.3 is 15.6 Å². The molecule has 0 aromatic heterocycles. The van der Waals surface area contributed by atoms with E-state index in [9.17, 15) is 4.79 Å². The molecule has 1 aliphatic carbocycles. The SMILES string of the molecule is NC(COCC1CCCCC1)C(=O)O. The van der Waals surface area contributed by atoms with Crippen LogP contribution in [0.5, 0.6) is 0 Å². The summed E-state index contributed by atoms with van der Waals surface area (Å²) in [5, 5.41) is 8.51. The second-order valence-electron chi connectivity index (χ2n) is 3.99. The standard InChI is InChI=1S/C10H19NO3/c11-9(10(12)13)7-14-6-8-4-2-1-3-5-8/h8-9H,1-7,11H2,(H,12,13). The molecule has 0 aromatic carbocycles. The minimum atomic E-state index is -0.992. The molecule has 0 aromatic rings. The maximum atomic E-state index is 10.4. The Bertz CT molecular complexity index is 178. The first-order chi connectivity index (χ1) is 6.70. The molecule has 0 bridgehead atoms. The van der Waals surface area contributed by atoms with Gasteiger partial charge in [0.25, 0.3) is 0 Å². The van der Waals surface area contributed by atoms with Crippen LogP contribution in [0.15, 0.2) is 0 Å². The molecule has 3 N–H and O–H groups in total. The van der Waals surface area contributed by atoms with Gasteiger partial charge in [-0.15, -0.1) is 0 Å². The van der Waals surface area contributed by atoms with Crippen LogP contribution in [-0.4, -0.2) is 30.3 Å². The van der Waals surface area contributed by atoms with Crippen molar-refractivity contribution >= 4 is 5.97 Å². The van der Waals surface area contributed by atoms with E-state index in [0.29, 0.717) is 12.5 Å². The summed E-state index contributed by atoms with van der Waals surface area (Å²) < 4.78 is 5.29. The number of hydrogen-bond donors (Lipinski definition) is 2. The first-order valence-corrected chi connectivity index (χ1v) is 5.26. The second-order valence-corrected chi connectivity index (χ2v) is 3.99. The maximum Gasteiger partial charge on any atom is 0.322 e. The lowest BCUT2D eigenvalue weighted by molar-refractivity contribution is -0.140. The molecule has 82 valence electrons. The van der Waals surface area contributed by atoms with Crippen molar-refractivity contribution in [1.82, 2.24) is 0 Å². The van der Waals surface area contributed by atoms with E-state index in [1.165, 1.54) is 32.1 Å². The summed E-state index contributed by atoms with van der Waals surface area (Å²) in [7, 11) is 0. The lowest BCUT2D eigenvalue weighted by atomic mass is 9.90. The Morgan fingerprint density at radius 1 is 1.43 bits per heavy atom. The Balaban J connectivity index is 2.05. The Labute approximate surface area is 84.4 Å². The van der Waals surface area contributed by atoms with E-state index in [1.807, 2.05) is 0 Å². The van der Waals surface area contributed by atoms with Crippen LogP contribution in [0.4, 0.5) is 0 Å². The van der Waals surface area contributed by atoms with E-state index in [-0.39, 0.29) is 6.61 Å². The summed E-state index contributed by atoms with van der Waals surface area (Å²) in [4.78, 5) is 10.4. The smallest absolute Gasteiger partial charge is 0.322 e. The molecule has 0 saturated heterocycles. The summed E-state index contributed by atoms with van der Waals surface area (Å²) in [6.45, 7) is 0.798. The van der Waals surface area contributed by atoms with Gasteiger partial charge in [0, 0.05) is 6.61 Å². The highest BCUT2D eigenvalue weighted by molar-refractivity contribution is 5.73. The third-order valence-corrected chi connectivity index (χ3v) is 2.69. The Kier molecular flexibility index (Phi) is 4.90. The number of carboxylic acids is 1. The van der Waals surface area contributed by atoms with E-state index in [1.54, 1.807) is 0 Å². The van der Waals surface area contributed by atoms with E-state index >= 15 is 0 Å². The van der Waals surface area contributed by atoms with Crippen LogP contribution < -0.4 is 5.73 Å². The van der Waals surface area contributed by atoms with Gasteiger partial charge in [-0.25, -0.2) is 0 Å². The lowest BCUT2D eigenvalue weighted by Gasteiger charge is -2.21. The summed E-state index contributed by atoms with van der Waals surface area (Å²) in [5.41, 5.74) is 5.31. The Hall–Kier alpha value is -0.610. The third kappa shape index (κ3) is 4.07. The molecule has 1 atom stereocenters. The molecule has 0 spiro atoms. The van der Waals surface area contributed by atoms with Crippen LogP contribution in [0.25, 0.3) is 0 Å². The van der Waals surface area contributed by atoms with Crippen LogP contribution in [0.3, 0.4) is 0 Å². The zero-order chi connectivity index (χ0) is 10.4. The zero-order valence-electron chi connectivity index (χ0n) is 8.45. The van der Waals surface area contributed by atoms with Crippen LogP contribution >= 0.6 is 0 Å². The first kappa shape index (κ1) is 11.5. The molecule has 0 heterocycles. The average Bonchev–Trinajstić information content (AvgIpc) is 2.19. The summed E-state index contributed by atoms with van der Waals surface area (Å²) in [6, 6.07) is -0.876. The number of ether oxygens (including phenoxy) is 1. The molecule has 1 saturated carbocycles. The Morgan fingerprint density at radius 2 is 2.07 bits per heavy atom. The fraction of sp³-hybridized carbons (Fsp3) is 0.900. The fourth-order valence-electron chi connectivity index (χ4n) is 1.79. The second kappa shape index (κ2) is 5.98. The average molecular weight is 201 g/mol. The molecule has 0 radical (unpaired) electrons. The van der Waals surface area contributed by atoms with Gasteiger partial charge in [0.05, 0.1) is 6.61 Å². The molecule has 14 heavy (non-hydrogen) atoms. The van der Waals surface area contributed by atoms with Crippen molar-refractivity contribution < 1.29 is 14.6 Å². The molecule has 4 nitrogen and oxygen atoms in total. The normalized spacial score (nSPS) is 20.6.